The molecule has 0 amide bonds. The highest BCUT2D eigenvalue weighted by atomic mass is 16.7. The molecule has 1 aliphatic rings. The van der Waals surface area contributed by atoms with E-state index < -0.39 is 5.79 Å². The van der Waals surface area contributed by atoms with Crippen LogP contribution in [0.5, 0.6) is 5.75 Å². The van der Waals surface area contributed by atoms with Gasteiger partial charge in [-0.25, -0.2) is 0 Å². The minimum Gasteiger partial charge on any atom is -0.497 e. The quantitative estimate of drug-likeness (QED) is 0.835. The second-order valence-corrected chi connectivity index (χ2v) is 5.58. The molecule has 0 saturated carbocycles. The number of methoxy groups -OCH3 is 1. The lowest BCUT2D eigenvalue weighted by atomic mass is 10.1. The van der Waals surface area contributed by atoms with Crippen LogP contribution < -0.4 is 4.74 Å². The Bertz CT molecular complexity index is 429. The summed E-state index contributed by atoms with van der Waals surface area (Å²) < 4.78 is 22.4. The SMILES string of the molecule is COc1ccc(CO[C@@H](CCO)[C@H]2COC(C)(C)O2)cc1. The van der Waals surface area contributed by atoms with Gasteiger partial charge in [0.2, 0.25) is 0 Å². The van der Waals surface area contributed by atoms with Gasteiger partial charge >= 0.3 is 0 Å². The maximum atomic E-state index is 9.20. The molecule has 5 nitrogen and oxygen atoms in total. The van der Waals surface area contributed by atoms with Crippen LogP contribution in [0.4, 0.5) is 0 Å². The summed E-state index contributed by atoms with van der Waals surface area (Å²) in [6.45, 7) is 4.78. The third-order valence-electron chi connectivity index (χ3n) is 3.48. The number of benzene rings is 1. The van der Waals surface area contributed by atoms with Gasteiger partial charge in [0.05, 0.1) is 26.4 Å². The first kappa shape index (κ1) is 16.2. The number of hydrogen-bond donors (Lipinski definition) is 1. The molecule has 1 aliphatic heterocycles. The van der Waals surface area contributed by atoms with E-state index in [1.807, 2.05) is 38.1 Å². The molecule has 0 unspecified atom stereocenters. The van der Waals surface area contributed by atoms with Crippen LogP contribution in [-0.4, -0.2) is 43.4 Å². The van der Waals surface area contributed by atoms with Crippen LogP contribution in [0.3, 0.4) is 0 Å². The maximum absolute atomic E-state index is 9.20. The highest BCUT2D eigenvalue weighted by Crippen LogP contribution is 2.27. The lowest BCUT2D eigenvalue weighted by Crippen LogP contribution is -2.33. The smallest absolute Gasteiger partial charge is 0.163 e. The Hall–Kier alpha value is -1.14. The zero-order valence-corrected chi connectivity index (χ0v) is 12.9. The van der Waals surface area contributed by atoms with Gasteiger partial charge in [-0.2, -0.15) is 0 Å². The van der Waals surface area contributed by atoms with Crippen molar-refractivity contribution >= 4 is 0 Å². The van der Waals surface area contributed by atoms with Gasteiger partial charge in [0.25, 0.3) is 0 Å². The van der Waals surface area contributed by atoms with E-state index in [1.54, 1.807) is 7.11 Å². The first-order chi connectivity index (χ1) is 10.0. The Morgan fingerprint density at radius 2 is 2.05 bits per heavy atom. The van der Waals surface area contributed by atoms with E-state index in [2.05, 4.69) is 0 Å². The summed E-state index contributed by atoms with van der Waals surface area (Å²) in [7, 11) is 1.64. The largest absolute Gasteiger partial charge is 0.497 e. The van der Waals surface area contributed by atoms with E-state index >= 15 is 0 Å². The molecule has 5 heteroatoms. The van der Waals surface area contributed by atoms with E-state index in [-0.39, 0.29) is 18.8 Å². The van der Waals surface area contributed by atoms with Gasteiger partial charge in [-0.1, -0.05) is 12.1 Å². The van der Waals surface area contributed by atoms with Crippen molar-refractivity contribution in [1.29, 1.82) is 0 Å². The van der Waals surface area contributed by atoms with Gasteiger partial charge in [-0.3, -0.25) is 0 Å². The molecule has 0 aliphatic carbocycles. The number of hydrogen-bond acceptors (Lipinski definition) is 5. The van der Waals surface area contributed by atoms with Crippen molar-refractivity contribution in [3.63, 3.8) is 0 Å². The van der Waals surface area contributed by atoms with Crippen molar-refractivity contribution in [2.75, 3.05) is 20.3 Å². The number of ether oxygens (including phenoxy) is 4. The Labute approximate surface area is 125 Å². The van der Waals surface area contributed by atoms with Crippen LogP contribution in [-0.2, 0) is 20.8 Å². The molecule has 1 aromatic carbocycles. The van der Waals surface area contributed by atoms with Crippen LogP contribution in [0.25, 0.3) is 0 Å². The molecular formula is C16H24O5. The van der Waals surface area contributed by atoms with Crippen LogP contribution in [0.1, 0.15) is 25.8 Å². The highest BCUT2D eigenvalue weighted by molar-refractivity contribution is 5.26. The fraction of sp³-hybridized carbons (Fsp3) is 0.625. The molecule has 1 saturated heterocycles. The third-order valence-corrected chi connectivity index (χ3v) is 3.48. The number of aliphatic hydroxyl groups excluding tert-OH is 1. The van der Waals surface area contributed by atoms with Crippen molar-refractivity contribution < 1.29 is 24.1 Å². The van der Waals surface area contributed by atoms with Crippen LogP contribution in [0, 0.1) is 0 Å². The van der Waals surface area contributed by atoms with Crippen molar-refractivity contribution in [3.8, 4) is 5.75 Å². The minimum atomic E-state index is -0.582. The van der Waals surface area contributed by atoms with Gasteiger partial charge in [-0.05, 0) is 38.0 Å². The standard InChI is InChI=1S/C16H24O5/c1-16(2)20-11-15(21-16)14(8-9-17)19-10-12-4-6-13(18-3)7-5-12/h4-7,14-15,17H,8-11H2,1-3H3/t14-,15+/m0/s1. The highest BCUT2D eigenvalue weighted by Gasteiger charge is 2.37. The lowest BCUT2D eigenvalue weighted by molar-refractivity contribution is -0.159. The topological polar surface area (TPSA) is 57.2 Å². The van der Waals surface area contributed by atoms with Gasteiger partial charge in [0, 0.05) is 6.61 Å². The van der Waals surface area contributed by atoms with Gasteiger partial charge in [0.1, 0.15) is 11.9 Å². The Kier molecular flexibility index (Phi) is 5.58. The molecule has 21 heavy (non-hydrogen) atoms. The fourth-order valence-electron chi connectivity index (χ4n) is 2.33. The Morgan fingerprint density at radius 1 is 1.33 bits per heavy atom. The molecule has 1 heterocycles. The molecule has 1 fully saturated rings. The second kappa shape index (κ2) is 7.22. The Balaban J connectivity index is 1.90. The molecule has 1 aromatic rings. The monoisotopic (exact) mass is 296 g/mol. The zero-order chi connectivity index (χ0) is 15.3. The Morgan fingerprint density at radius 3 is 2.57 bits per heavy atom. The molecule has 2 rings (SSSR count). The van der Waals surface area contributed by atoms with Crippen molar-refractivity contribution in [2.45, 2.75) is 44.9 Å². The van der Waals surface area contributed by atoms with Gasteiger partial charge in [-0.15, -0.1) is 0 Å². The summed E-state index contributed by atoms with van der Waals surface area (Å²) in [5.74, 6) is 0.238. The molecule has 0 bridgehead atoms. The number of aliphatic hydroxyl groups is 1. The average molecular weight is 296 g/mol. The van der Waals surface area contributed by atoms with E-state index in [4.69, 9.17) is 18.9 Å². The summed E-state index contributed by atoms with van der Waals surface area (Å²) in [5.41, 5.74) is 1.05. The summed E-state index contributed by atoms with van der Waals surface area (Å²) in [4.78, 5) is 0. The van der Waals surface area contributed by atoms with E-state index in [9.17, 15) is 5.11 Å². The molecule has 0 spiro atoms. The third kappa shape index (κ3) is 4.68. The zero-order valence-electron chi connectivity index (χ0n) is 12.9. The minimum absolute atomic E-state index is 0.0631. The van der Waals surface area contributed by atoms with Gasteiger partial charge < -0.3 is 24.1 Å². The molecule has 118 valence electrons. The van der Waals surface area contributed by atoms with Crippen LogP contribution >= 0.6 is 0 Å². The maximum Gasteiger partial charge on any atom is 0.163 e. The summed E-state index contributed by atoms with van der Waals surface area (Å²) in [6, 6.07) is 7.73. The predicted molar refractivity (Wildman–Crippen MR) is 78.2 cm³/mol. The molecule has 0 radical (unpaired) electrons. The van der Waals surface area contributed by atoms with E-state index in [0.717, 1.165) is 11.3 Å². The molecule has 0 aromatic heterocycles. The second-order valence-electron chi connectivity index (χ2n) is 5.58. The number of rotatable bonds is 7. The van der Waals surface area contributed by atoms with Crippen LogP contribution in [0.2, 0.25) is 0 Å². The fourth-order valence-corrected chi connectivity index (χ4v) is 2.33. The van der Waals surface area contributed by atoms with Crippen molar-refractivity contribution in [2.24, 2.45) is 0 Å². The van der Waals surface area contributed by atoms with E-state index in [1.165, 1.54) is 0 Å². The molecule has 2 atom stereocenters. The first-order valence-electron chi connectivity index (χ1n) is 7.21. The van der Waals surface area contributed by atoms with E-state index in [0.29, 0.717) is 19.6 Å². The summed E-state index contributed by atoms with van der Waals surface area (Å²) >= 11 is 0. The van der Waals surface area contributed by atoms with Gasteiger partial charge in [0.15, 0.2) is 5.79 Å². The molecule has 1 N–H and O–H groups in total. The van der Waals surface area contributed by atoms with Crippen LogP contribution in [0.15, 0.2) is 24.3 Å². The lowest BCUT2D eigenvalue weighted by Gasteiger charge is -2.24. The normalized spacial score (nSPS) is 22.2. The average Bonchev–Trinajstić information content (AvgIpc) is 2.84. The van der Waals surface area contributed by atoms with Crippen molar-refractivity contribution in [3.05, 3.63) is 29.8 Å². The summed E-state index contributed by atoms with van der Waals surface area (Å²) in [5, 5.41) is 9.20. The summed E-state index contributed by atoms with van der Waals surface area (Å²) in [6.07, 6.45) is 0.199. The first-order valence-corrected chi connectivity index (χ1v) is 7.21. The predicted octanol–water partition coefficient (Wildman–Crippen LogP) is 2.11. The molecular weight excluding hydrogens is 272 g/mol. The van der Waals surface area contributed by atoms with Crippen molar-refractivity contribution in [1.82, 2.24) is 0 Å².